The van der Waals surface area contributed by atoms with Crippen molar-refractivity contribution in [3.05, 3.63) is 29.1 Å². The van der Waals surface area contributed by atoms with Crippen molar-refractivity contribution in [2.45, 2.75) is 20.3 Å². The van der Waals surface area contributed by atoms with E-state index >= 15 is 0 Å². The van der Waals surface area contributed by atoms with Crippen molar-refractivity contribution in [3.63, 3.8) is 0 Å². The second kappa shape index (κ2) is 4.96. The molecule has 0 saturated heterocycles. The number of hydrogen-bond donors (Lipinski definition) is 1. The van der Waals surface area contributed by atoms with Gasteiger partial charge in [-0.1, -0.05) is 6.92 Å². The molecule has 0 amide bonds. The number of aryl methyl sites for hydroxylation is 1. The number of benzene rings is 1. The Bertz CT molecular complexity index is 401. The molecule has 0 bridgehead atoms. The van der Waals surface area contributed by atoms with Crippen molar-refractivity contribution < 1.29 is 19.0 Å². The number of rotatable bonds is 4. The smallest absolute Gasteiger partial charge is 0.306 e. The molecule has 88 valence electrons. The van der Waals surface area contributed by atoms with E-state index in [9.17, 15) is 9.18 Å². The van der Waals surface area contributed by atoms with Gasteiger partial charge in [0.05, 0.1) is 13.0 Å². The van der Waals surface area contributed by atoms with Gasteiger partial charge in [0.15, 0.2) is 11.6 Å². The second-order valence-corrected chi connectivity index (χ2v) is 3.86. The topological polar surface area (TPSA) is 46.5 Å². The largest absolute Gasteiger partial charge is 0.494 e. The summed E-state index contributed by atoms with van der Waals surface area (Å²) >= 11 is 0. The van der Waals surface area contributed by atoms with Crippen LogP contribution in [0, 0.1) is 18.7 Å². The molecule has 0 aromatic heterocycles. The third-order valence-corrected chi connectivity index (χ3v) is 2.56. The molecule has 0 heterocycles. The standard InChI is InChI=1S/C12H15FO3/c1-7-5-10(13)11(16-3)6-9(7)4-8(2)12(14)15/h5-6,8H,4H2,1-3H3,(H,14,15). The summed E-state index contributed by atoms with van der Waals surface area (Å²) in [6, 6.07) is 2.92. The van der Waals surface area contributed by atoms with Crippen molar-refractivity contribution in [2.75, 3.05) is 7.11 Å². The van der Waals surface area contributed by atoms with Crippen molar-refractivity contribution in [1.82, 2.24) is 0 Å². The van der Waals surface area contributed by atoms with Crippen LogP contribution in [0.5, 0.6) is 5.75 Å². The van der Waals surface area contributed by atoms with E-state index < -0.39 is 17.7 Å². The van der Waals surface area contributed by atoms with Gasteiger partial charge in [0, 0.05) is 0 Å². The minimum absolute atomic E-state index is 0.151. The predicted molar refractivity (Wildman–Crippen MR) is 58.2 cm³/mol. The summed E-state index contributed by atoms with van der Waals surface area (Å²) in [5.74, 6) is -1.62. The summed E-state index contributed by atoms with van der Waals surface area (Å²) in [5, 5.41) is 8.81. The van der Waals surface area contributed by atoms with E-state index in [4.69, 9.17) is 9.84 Å². The van der Waals surface area contributed by atoms with Gasteiger partial charge in [-0.05, 0) is 36.6 Å². The molecule has 0 fully saturated rings. The number of aliphatic carboxylic acids is 1. The van der Waals surface area contributed by atoms with E-state index in [1.165, 1.54) is 13.2 Å². The van der Waals surface area contributed by atoms with Crippen molar-refractivity contribution in [3.8, 4) is 5.75 Å². The highest BCUT2D eigenvalue weighted by molar-refractivity contribution is 5.70. The summed E-state index contributed by atoms with van der Waals surface area (Å²) in [5.41, 5.74) is 1.54. The number of carboxylic acid groups (broad SMARTS) is 1. The molecule has 1 aromatic carbocycles. The van der Waals surface area contributed by atoms with E-state index in [2.05, 4.69) is 0 Å². The van der Waals surface area contributed by atoms with Gasteiger partial charge in [-0.15, -0.1) is 0 Å². The van der Waals surface area contributed by atoms with E-state index in [0.29, 0.717) is 6.42 Å². The molecule has 1 rings (SSSR count). The molecule has 0 radical (unpaired) electrons. The number of ether oxygens (including phenoxy) is 1. The molecule has 1 unspecified atom stereocenters. The molecule has 0 aliphatic rings. The van der Waals surface area contributed by atoms with Gasteiger partial charge in [0.2, 0.25) is 0 Å². The van der Waals surface area contributed by atoms with Crippen molar-refractivity contribution in [1.29, 1.82) is 0 Å². The number of carbonyl (C=O) groups is 1. The zero-order valence-corrected chi connectivity index (χ0v) is 9.58. The Kier molecular flexibility index (Phi) is 3.88. The molecule has 1 atom stereocenters. The molecule has 0 saturated carbocycles. The Morgan fingerprint density at radius 2 is 2.19 bits per heavy atom. The van der Waals surface area contributed by atoms with Gasteiger partial charge in [0.1, 0.15) is 0 Å². The lowest BCUT2D eigenvalue weighted by molar-refractivity contribution is -0.141. The van der Waals surface area contributed by atoms with E-state index in [1.807, 2.05) is 0 Å². The van der Waals surface area contributed by atoms with Crippen LogP contribution < -0.4 is 4.74 Å². The van der Waals surface area contributed by atoms with Crippen LogP contribution >= 0.6 is 0 Å². The SMILES string of the molecule is COc1cc(CC(C)C(=O)O)c(C)cc1F. The average Bonchev–Trinajstić information content (AvgIpc) is 2.21. The van der Waals surface area contributed by atoms with Crippen molar-refractivity contribution in [2.24, 2.45) is 5.92 Å². The minimum Gasteiger partial charge on any atom is -0.494 e. The van der Waals surface area contributed by atoms with Crippen LogP contribution in [-0.2, 0) is 11.2 Å². The van der Waals surface area contributed by atoms with Crippen LogP contribution in [0.4, 0.5) is 4.39 Å². The fraction of sp³-hybridized carbons (Fsp3) is 0.417. The van der Waals surface area contributed by atoms with Gasteiger partial charge < -0.3 is 9.84 Å². The summed E-state index contributed by atoms with van der Waals surface area (Å²) in [6.45, 7) is 3.38. The average molecular weight is 226 g/mol. The highest BCUT2D eigenvalue weighted by Crippen LogP contribution is 2.23. The zero-order valence-electron chi connectivity index (χ0n) is 9.58. The van der Waals surface area contributed by atoms with Gasteiger partial charge >= 0.3 is 5.97 Å². The summed E-state index contributed by atoms with van der Waals surface area (Å²) in [7, 11) is 1.39. The quantitative estimate of drug-likeness (QED) is 0.857. The fourth-order valence-electron chi connectivity index (χ4n) is 1.49. The Morgan fingerprint density at radius 1 is 1.56 bits per heavy atom. The summed E-state index contributed by atoms with van der Waals surface area (Å²) < 4.78 is 18.1. The minimum atomic E-state index is -0.859. The molecule has 16 heavy (non-hydrogen) atoms. The zero-order chi connectivity index (χ0) is 12.3. The lowest BCUT2D eigenvalue weighted by atomic mass is 9.97. The monoisotopic (exact) mass is 226 g/mol. The first-order chi connectivity index (χ1) is 7.45. The van der Waals surface area contributed by atoms with Gasteiger partial charge in [-0.3, -0.25) is 4.79 Å². The molecular formula is C12H15FO3. The Labute approximate surface area is 93.9 Å². The highest BCUT2D eigenvalue weighted by atomic mass is 19.1. The molecule has 1 N–H and O–H groups in total. The van der Waals surface area contributed by atoms with Gasteiger partial charge in [-0.2, -0.15) is 0 Å². The van der Waals surface area contributed by atoms with Crippen LogP contribution in [0.25, 0.3) is 0 Å². The molecular weight excluding hydrogens is 211 g/mol. The fourth-order valence-corrected chi connectivity index (χ4v) is 1.49. The number of methoxy groups -OCH3 is 1. The molecule has 3 nitrogen and oxygen atoms in total. The number of hydrogen-bond acceptors (Lipinski definition) is 2. The number of carboxylic acids is 1. The van der Waals surface area contributed by atoms with Gasteiger partial charge in [-0.25, -0.2) is 4.39 Å². The molecule has 4 heteroatoms. The molecule has 0 aliphatic heterocycles. The lowest BCUT2D eigenvalue weighted by Crippen LogP contribution is -2.13. The Balaban J connectivity index is 3.00. The third-order valence-electron chi connectivity index (χ3n) is 2.56. The molecule has 0 spiro atoms. The lowest BCUT2D eigenvalue weighted by Gasteiger charge is -2.11. The Hall–Kier alpha value is -1.58. The molecule has 1 aromatic rings. The number of halogens is 1. The van der Waals surface area contributed by atoms with E-state index in [0.717, 1.165) is 11.1 Å². The molecule has 0 aliphatic carbocycles. The van der Waals surface area contributed by atoms with Crippen LogP contribution in [-0.4, -0.2) is 18.2 Å². The first kappa shape index (κ1) is 12.5. The van der Waals surface area contributed by atoms with Crippen LogP contribution in [0.1, 0.15) is 18.1 Å². The first-order valence-corrected chi connectivity index (χ1v) is 5.01. The van der Waals surface area contributed by atoms with E-state index in [-0.39, 0.29) is 5.75 Å². The first-order valence-electron chi connectivity index (χ1n) is 5.01. The Morgan fingerprint density at radius 3 is 2.69 bits per heavy atom. The summed E-state index contributed by atoms with van der Waals surface area (Å²) in [6.07, 6.45) is 0.373. The van der Waals surface area contributed by atoms with Crippen molar-refractivity contribution >= 4 is 5.97 Å². The maximum absolute atomic E-state index is 13.3. The maximum atomic E-state index is 13.3. The highest BCUT2D eigenvalue weighted by Gasteiger charge is 2.15. The second-order valence-electron chi connectivity index (χ2n) is 3.86. The maximum Gasteiger partial charge on any atom is 0.306 e. The van der Waals surface area contributed by atoms with Gasteiger partial charge in [0.25, 0.3) is 0 Å². The normalized spacial score (nSPS) is 12.2. The third kappa shape index (κ3) is 2.72. The van der Waals surface area contributed by atoms with Crippen LogP contribution in [0.2, 0.25) is 0 Å². The predicted octanol–water partition coefficient (Wildman–Crippen LogP) is 2.41. The van der Waals surface area contributed by atoms with E-state index in [1.54, 1.807) is 19.9 Å². The van der Waals surface area contributed by atoms with Crippen LogP contribution in [0.3, 0.4) is 0 Å². The van der Waals surface area contributed by atoms with Crippen LogP contribution in [0.15, 0.2) is 12.1 Å². The summed E-state index contributed by atoms with van der Waals surface area (Å²) in [4.78, 5) is 10.7.